The molecular formula is C35H71NO8P+. The van der Waals surface area contributed by atoms with Crippen LogP contribution in [0.5, 0.6) is 0 Å². The second kappa shape index (κ2) is 29.2. The summed E-state index contributed by atoms with van der Waals surface area (Å²) < 4.78 is 33.9. The summed E-state index contributed by atoms with van der Waals surface area (Å²) in [6.45, 7) is 4.33. The van der Waals surface area contributed by atoms with Crippen molar-refractivity contribution >= 4 is 19.8 Å². The van der Waals surface area contributed by atoms with Gasteiger partial charge in [0.2, 0.25) is 0 Å². The van der Waals surface area contributed by atoms with E-state index in [1.807, 2.05) is 21.1 Å². The number of unbranched alkanes of at least 4 members (excludes halogenated alkanes) is 19. The lowest BCUT2D eigenvalue weighted by Crippen LogP contribution is -2.37. The monoisotopic (exact) mass is 664 g/mol. The Hall–Kier alpha value is -0.990. The second-order valence-corrected chi connectivity index (χ2v) is 15.1. The Bertz CT molecular complexity index is 758. The zero-order valence-corrected chi connectivity index (χ0v) is 30.8. The number of ether oxygens (including phenoxy) is 2. The summed E-state index contributed by atoms with van der Waals surface area (Å²) in [4.78, 5) is 34.8. The molecule has 2 atom stereocenters. The molecule has 0 aromatic heterocycles. The SMILES string of the molecule is CCCCCCCCCCCCCCCCCCC(=O)O[C@H](COC(=O)CCCCCCC)COP(=O)(O)OCC[N+](C)(C)C. The highest BCUT2D eigenvalue weighted by Crippen LogP contribution is 2.43. The highest BCUT2D eigenvalue weighted by atomic mass is 31.2. The number of nitrogens with zero attached hydrogens (tertiary/aromatic N) is 1. The van der Waals surface area contributed by atoms with Crippen LogP contribution in [0, 0.1) is 0 Å². The summed E-state index contributed by atoms with van der Waals surface area (Å²) >= 11 is 0. The molecule has 1 N–H and O–H groups in total. The van der Waals surface area contributed by atoms with Crippen LogP contribution >= 0.6 is 7.82 Å². The van der Waals surface area contributed by atoms with Crippen LogP contribution in [0.1, 0.15) is 162 Å². The maximum absolute atomic E-state index is 12.5. The largest absolute Gasteiger partial charge is 0.472 e. The fraction of sp³-hybridized carbons (Fsp3) is 0.943. The summed E-state index contributed by atoms with van der Waals surface area (Å²) in [5.74, 6) is -0.806. The van der Waals surface area contributed by atoms with E-state index in [2.05, 4.69) is 13.8 Å². The minimum atomic E-state index is -4.35. The van der Waals surface area contributed by atoms with Gasteiger partial charge in [-0.05, 0) is 12.8 Å². The maximum Gasteiger partial charge on any atom is 0.472 e. The van der Waals surface area contributed by atoms with E-state index in [4.69, 9.17) is 18.5 Å². The molecular weight excluding hydrogens is 593 g/mol. The van der Waals surface area contributed by atoms with Gasteiger partial charge < -0.3 is 18.9 Å². The predicted octanol–water partition coefficient (Wildman–Crippen LogP) is 9.29. The van der Waals surface area contributed by atoms with Crippen LogP contribution in [-0.4, -0.2) is 74.9 Å². The van der Waals surface area contributed by atoms with Gasteiger partial charge in [-0.1, -0.05) is 136 Å². The van der Waals surface area contributed by atoms with Crippen molar-refractivity contribution in [3.8, 4) is 0 Å². The Balaban J connectivity index is 4.28. The Morgan fingerprint density at radius 1 is 0.600 bits per heavy atom. The van der Waals surface area contributed by atoms with Crippen molar-refractivity contribution in [2.75, 3.05) is 47.5 Å². The molecule has 0 aliphatic carbocycles. The minimum absolute atomic E-state index is 0.0357. The first-order valence-corrected chi connectivity index (χ1v) is 19.8. The second-order valence-electron chi connectivity index (χ2n) is 13.6. The topological polar surface area (TPSA) is 108 Å². The van der Waals surface area contributed by atoms with E-state index >= 15 is 0 Å². The van der Waals surface area contributed by atoms with Crippen molar-refractivity contribution in [1.82, 2.24) is 0 Å². The quantitative estimate of drug-likeness (QED) is 0.0320. The smallest absolute Gasteiger partial charge is 0.462 e. The van der Waals surface area contributed by atoms with Crippen LogP contribution in [-0.2, 0) is 32.7 Å². The van der Waals surface area contributed by atoms with E-state index in [1.165, 1.54) is 83.5 Å². The maximum atomic E-state index is 12.5. The van der Waals surface area contributed by atoms with Gasteiger partial charge in [-0.25, -0.2) is 4.57 Å². The van der Waals surface area contributed by atoms with E-state index < -0.39 is 26.5 Å². The third kappa shape index (κ3) is 32.7. The summed E-state index contributed by atoms with van der Waals surface area (Å²) in [6.07, 6.45) is 24.7. The van der Waals surface area contributed by atoms with E-state index in [0.29, 0.717) is 11.0 Å². The van der Waals surface area contributed by atoms with Gasteiger partial charge in [0.05, 0.1) is 27.7 Å². The molecule has 0 aromatic carbocycles. The van der Waals surface area contributed by atoms with Crippen molar-refractivity contribution < 1.29 is 42.1 Å². The number of quaternary nitrogens is 1. The Labute approximate surface area is 276 Å². The molecule has 10 heteroatoms. The summed E-state index contributed by atoms with van der Waals surface area (Å²) in [7, 11) is 1.48. The van der Waals surface area contributed by atoms with Gasteiger partial charge in [0.1, 0.15) is 19.8 Å². The van der Waals surface area contributed by atoms with E-state index in [9.17, 15) is 19.0 Å². The highest BCUT2D eigenvalue weighted by molar-refractivity contribution is 7.47. The van der Waals surface area contributed by atoms with Crippen LogP contribution in [0.4, 0.5) is 0 Å². The summed E-state index contributed by atoms with van der Waals surface area (Å²) in [6, 6.07) is 0. The van der Waals surface area contributed by atoms with E-state index in [0.717, 1.165) is 51.4 Å². The molecule has 0 aromatic rings. The van der Waals surface area contributed by atoms with Gasteiger partial charge in [-0.15, -0.1) is 0 Å². The lowest BCUT2D eigenvalue weighted by atomic mass is 10.0. The highest BCUT2D eigenvalue weighted by Gasteiger charge is 2.27. The zero-order valence-electron chi connectivity index (χ0n) is 29.9. The molecule has 9 nitrogen and oxygen atoms in total. The Morgan fingerprint density at radius 2 is 1.00 bits per heavy atom. The van der Waals surface area contributed by atoms with E-state index in [-0.39, 0.29) is 32.0 Å². The molecule has 45 heavy (non-hydrogen) atoms. The number of phosphoric ester groups is 1. The molecule has 0 aliphatic heterocycles. The number of phosphoric acid groups is 1. The van der Waals surface area contributed by atoms with Gasteiger partial charge >= 0.3 is 19.8 Å². The molecule has 0 spiro atoms. The minimum Gasteiger partial charge on any atom is -0.462 e. The van der Waals surface area contributed by atoms with Gasteiger partial charge in [-0.3, -0.25) is 18.6 Å². The Kier molecular flexibility index (Phi) is 28.5. The lowest BCUT2D eigenvalue weighted by Gasteiger charge is -2.24. The number of likely N-dealkylation sites (N-methyl/N-ethyl adjacent to an activating group) is 1. The first-order chi connectivity index (χ1) is 21.5. The third-order valence-corrected chi connectivity index (χ3v) is 8.87. The molecule has 0 heterocycles. The number of carbonyl (C=O) groups is 2. The van der Waals surface area contributed by atoms with Gasteiger partial charge in [-0.2, -0.15) is 0 Å². The lowest BCUT2D eigenvalue weighted by molar-refractivity contribution is -0.870. The van der Waals surface area contributed by atoms with E-state index in [1.54, 1.807) is 0 Å². The van der Waals surface area contributed by atoms with Crippen LogP contribution in [0.15, 0.2) is 0 Å². The number of carbonyl (C=O) groups excluding carboxylic acids is 2. The first-order valence-electron chi connectivity index (χ1n) is 18.3. The molecule has 0 saturated carbocycles. The average molecular weight is 665 g/mol. The zero-order chi connectivity index (χ0) is 33.7. The fourth-order valence-corrected chi connectivity index (χ4v) is 5.70. The molecule has 0 aliphatic rings. The van der Waals surface area contributed by atoms with Crippen LogP contribution < -0.4 is 0 Å². The normalized spacial score (nSPS) is 13.8. The number of rotatable bonds is 33. The van der Waals surface area contributed by atoms with Crippen LogP contribution in [0.3, 0.4) is 0 Å². The van der Waals surface area contributed by atoms with Crippen molar-refractivity contribution in [2.45, 2.75) is 168 Å². The average Bonchev–Trinajstić information content (AvgIpc) is 2.97. The van der Waals surface area contributed by atoms with Gasteiger partial charge in [0, 0.05) is 12.8 Å². The standard InChI is InChI=1S/C35H70NO8P/c1-6-8-10-12-13-14-15-16-17-18-19-20-21-22-24-26-28-35(38)44-33(31-41-34(37)27-25-23-11-9-7-2)32-43-45(39,40)42-30-29-36(3,4)5/h33H,6-32H2,1-5H3/p+1/t33-/m1/s1. The molecule has 0 amide bonds. The molecule has 268 valence electrons. The van der Waals surface area contributed by atoms with Gasteiger partial charge in [0.15, 0.2) is 6.10 Å². The summed E-state index contributed by atoms with van der Waals surface area (Å²) in [5.41, 5.74) is 0. The van der Waals surface area contributed by atoms with Crippen molar-refractivity contribution in [3.05, 3.63) is 0 Å². The summed E-state index contributed by atoms with van der Waals surface area (Å²) in [5, 5.41) is 0. The van der Waals surface area contributed by atoms with Crippen molar-refractivity contribution in [1.29, 1.82) is 0 Å². The molecule has 1 unspecified atom stereocenters. The van der Waals surface area contributed by atoms with Crippen LogP contribution in [0.2, 0.25) is 0 Å². The molecule has 0 rings (SSSR count). The molecule has 0 saturated heterocycles. The number of hydrogen-bond acceptors (Lipinski definition) is 7. The fourth-order valence-electron chi connectivity index (χ4n) is 4.95. The Morgan fingerprint density at radius 3 is 1.42 bits per heavy atom. The van der Waals surface area contributed by atoms with Crippen LogP contribution in [0.25, 0.3) is 0 Å². The van der Waals surface area contributed by atoms with Gasteiger partial charge in [0.25, 0.3) is 0 Å². The molecule has 0 fully saturated rings. The molecule has 0 radical (unpaired) electrons. The number of hydrogen-bond donors (Lipinski definition) is 1. The predicted molar refractivity (Wildman–Crippen MR) is 183 cm³/mol. The number of esters is 2. The van der Waals surface area contributed by atoms with Crippen molar-refractivity contribution in [3.63, 3.8) is 0 Å². The van der Waals surface area contributed by atoms with Crippen molar-refractivity contribution in [2.24, 2.45) is 0 Å². The first kappa shape index (κ1) is 44.0. The third-order valence-electron chi connectivity index (χ3n) is 7.89. The molecule has 0 bridgehead atoms.